The van der Waals surface area contributed by atoms with Gasteiger partial charge >= 0.3 is 0 Å². The fraction of sp³-hybridized carbons (Fsp3) is 1.00. The summed E-state index contributed by atoms with van der Waals surface area (Å²) in [5.41, 5.74) is 0. The summed E-state index contributed by atoms with van der Waals surface area (Å²) in [6.45, 7) is 7.00. The van der Waals surface area contributed by atoms with Crippen LogP contribution in [-0.4, -0.2) is 43.3 Å². The van der Waals surface area contributed by atoms with E-state index in [0.29, 0.717) is 12.2 Å². The molecule has 2 N–H and O–H groups in total. The van der Waals surface area contributed by atoms with Crippen LogP contribution in [0.4, 0.5) is 0 Å². The highest BCUT2D eigenvalue weighted by molar-refractivity contribution is 4.89. The lowest BCUT2D eigenvalue weighted by atomic mass is 10.2. The number of piperazine rings is 1. The van der Waals surface area contributed by atoms with Crippen molar-refractivity contribution < 1.29 is 0 Å². The van der Waals surface area contributed by atoms with E-state index in [1.807, 2.05) is 0 Å². The Bertz CT molecular complexity index is 126. The van der Waals surface area contributed by atoms with E-state index in [4.69, 9.17) is 0 Å². The van der Waals surface area contributed by atoms with Gasteiger partial charge in [-0.3, -0.25) is 10.2 Å². The highest BCUT2D eigenvalue weighted by Crippen LogP contribution is 2.09. The Labute approximate surface area is 61.8 Å². The summed E-state index contributed by atoms with van der Waals surface area (Å²) in [5.74, 6) is 0. The minimum absolute atomic E-state index is 0.605. The van der Waals surface area contributed by atoms with Gasteiger partial charge in [0.05, 0.1) is 6.17 Å². The summed E-state index contributed by atoms with van der Waals surface area (Å²) in [6, 6.07) is 0.622. The molecule has 2 heterocycles. The molecule has 0 aromatic heterocycles. The second-order valence-electron chi connectivity index (χ2n) is 3.18. The highest BCUT2D eigenvalue weighted by Gasteiger charge is 2.30. The fourth-order valence-corrected chi connectivity index (χ4v) is 1.92. The van der Waals surface area contributed by atoms with Gasteiger partial charge < -0.3 is 5.32 Å². The van der Waals surface area contributed by atoms with Crippen LogP contribution < -0.4 is 10.6 Å². The van der Waals surface area contributed by atoms with Crippen LogP contribution in [0.3, 0.4) is 0 Å². The number of fused-ring (bicyclic) bond motifs is 1. The number of nitrogens with one attached hydrogen (secondary N) is 2. The van der Waals surface area contributed by atoms with Crippen LogP contribution in [0, 0.1) is 0 Å². The third-order valence-corrected chi connectivity index (χ3v) is 2.48. The minimum Gasteiger partial charge on any atom is -0.310 e. The van der Waals surface area contributed by atoms with Gasteiger partial charge in [-0.15, -0.1) is 0 Å². The van der Waals surface area contributed by atoms with Gasteiger partial charge in [0.15, 0.2) is 0 Å². The maximum atomic E-state index is 3.47. The minimum atomic E-state index is 0.605. The van der Waals surface area contributed by atoms with Crippen molar-refractivity contribution in [1.29, 1.82) is 0 Å². The van der Waals surface area contributed by atoms with Gasteiger partial charge in [-0.05, 0) is 6.92 Å². The first-order chi connectivity index (χ1) is 4.88. The lowest BCUT2D eigenvalue weighted by Gasteiger charge is -2.35. The van der Waals surface area contributed by atoms with Crippen molar-refractivity contribution in [3.8, 4) is 0 Å². The summed E-state index contributed by atoms with van der Waals surface area (Å²) in [7, 11) is 0. The van der Waals surface area contributed by atoms with Crippen molar-refractivity contribution in [3.05, 3.63) is 0 Å². The summed E-state index contributed by atoms with van der Waals surface area (Å²) in [6.07, 6.45) is 0.605. The third-order valence-electron chi connectivity index (χ3n) is 2.48. The molecule has 2 saturated heterocycles. The predicted molar refractivity (Wildman–Crippen MR) is 40.8 cm³/mol. The topological polar surface area (TPSA) is 27.3 Å². The van der Waals surface area contributed by atoms with Gasteiger partial charge in [-0.1, -0.05) is 0 Å². The second kappa shape index (κ2) is 2.49. The molecule has 0 aromatic rings. The molecule has 0 amide bonds. The van der Waals surface area contributed by atoms with E-state index in [1.165, 1.54) is 13.1 Å². The smallest absolute Gasteiger partial charge is 0.0753 e. The van der Waals surface area contributed by atoms with Gasteiger partial charge in [0.2, 0.25) is 0 Å². The quantitative estimate of drug-likeness (QED) is 0.463. The van der Waals surface area contributed by atoms with Crippen molar-refractivity contribution in [2.45, 2.75) is 19.1 Å². The average molecular weight is 141 g/mol. The molecule has 3 nitrogen and oxygen atoms in total. The molecule has 0 aliphatic carbocycles. The molecular formula is C7H15N3. The molecule has 10 heavy (non-hydrogen) atoms. The molecule has 2 aliphatic rings. The van der Waals surface area contributed by atoms with Crippen LogP contribution in [0.25, 0.3) is 0 Å². The molecule has 0 radical (unpaired) electrons. The van der Waals surface area contributed by atoms with E-state index in [2.05, 4.69) is 22.5 Å². The molecule has 0 spiro atoms. The van der Waals surface area contributed by atoms with E-state index in [-0.39, 0.29) is 0 Å². The Balaban J connectivity index is 2.03. The maximum Gasteiger partial charge on any atom is 0.0753 e. The molecule has 0 bridgehead atoms. The molecular weight excluding hydrogens is 126 g/mol. The number of rotatable bonds is 0. The summed E-state index contributed by atoms with van der Waals surface area (Å²) < 4.78 is 0. The first-order valence-electron chi connectivity index (χ1n) is 4.09. The van der Waals surface area contributed by atoms with Crippen LogP contribution in [0.5, 0.6) is 0 Å². The number of nitrogens with zero attached hydrogens (tertiary/aromatic N) is 1. The summed E-state index contributed by atoms with van der Waals surface area (Å²) >= 11 is 0. The van der Waals surface area contributed by atoms with Crippen molar-refractivity contribution >= 4 is 0 Å². The van der Waals surface area contributed by atoms with Crippen LogP contribution >= 0.6 is 0 Å². The first kappa shape index (κ1) is 6.58. The predicted octanol–water partition coefficient (Wildman–Crippen LogP) is -0.791. The zero-order valence-electron chi connectivity index (χ0n) is 6.43. The SMILES string of the molecule is CC1NCCN2CCNC12. The van der Waals surface area contributed by atoms with E-state index in [9.17, 15) is 0 Å². The Morgan fingerprint density at radius 3 is 2.60 bits per heavy atom. The monoisotopic (exact) mass is 141 g/mol. The zero-order valence-corrected chi connectivity index (χ0v) is 6.43. The van der Waals surface area contributed by atoms with Gasteiger partial charge in [0.1, 0.15) is 0 Å². The molecule has 58 valence electrons. The van der Waals surface area contributed by atoms with E-state index in [0.717, 1.165) is 13.1 Å². The Hall–Kier alpha value is -0.120. The van der Waals surface area contributed by atoms with Crippen LogP contribution in [0.1, 0.15) is 6.92 Å². The van der Waals surface area contributed by atoms with E-state index in [1.54, 1.807) is 0 Å². The van der Waals surface area contributed by atoms with E-state index >= 15 is 0 Å². The third kappa shape index (κ3) is 0.944. The largest absolute Gasteiger partial charge is 0.310 e. The lowest BCUT2D eigenvalue weighted by molar-refractivity contribution is 0.159. The van der Waals surface area contributed by atoms with Gasteiger partial charge in [0, 0.05) is 32.2 Å². The normalized spacial score (nSPS) is 41.7. The molecule has 2 rings (SSSR count). The van der Waals surface area contributed by atoms with Crippen molar-refractivity contribution in [1.82, 2.24) is 15.5 Å². The zero-order chi connectivity index (χ0) is 6.97. The molecule has 2 aliphatic heterocycles. The summed E-state index contributed by atoms with van der Waals surface area (Å²) in [5, 5.41) is 6.92. The van der Waals surface area contributed by atoms with Gasteiger partial charge in [-0.2, -0.15) is 0 Å². The van der Waals surface area contributed by atoms with Crippen molar-refractivity contribution in [3.63, 3.8) is 0 Å². The fourth-order valence-electron chi connectivity index (χ4n) is 1.92. The van der Waals surface area contributed by atoms with Gasteiger partial charge in [0.25, 0.3) is 0 Å². The first-order valence-corrected chi connectivity index (χ1v) is 4.09. The molecule has 0 aromatic carbocycles. The standard InChI is InChI=1S/C7H15N3/c1-6-7-9-3-5-10(7)4-2-8-6/h6-9H,2-5H2,1H3. The van der Waals surface area contributed by atoms with Crippen molar-refractivity contribution in [2.75, 3.05) is 26.2 Å². The van der Waals surface area contributed by atoms with Crippen LogP contribution in [-0.2, 0) is 0 Å². The van der Waals surface area contributed by atoms with Crippen molar-refractivity contribution in [2.24, 2.45) is 0 Å². The van der Waals surface area contributed by atoms with Gasteiger partial charge in [-0.25, -0.2) is 0 Å². The molecule has 2 fully saturated rings. The highest BCUT2D eigenvalue weighted by atomic mass is 15.4. The molecule has 3 heteroatoms. The van der Waals surface area contributed by atoms with E-state index < -0.39 is 0 Å². The maximum absolute atomic E-state index is 3.47. The lowest BCUT2D eigenvalue weighted by Crippen LogP contribution is -2.57. The Morgan fingerprint density at radius 1 is 1.20 bits per heavy atom. The van der Waals surface area contributed by atoms with Crippen LogP contribution in [0.2, 0.25) is 0 Å². The second-order valence-corrected chi connectivity index (χ2v) is 3.18. The number of hydrogen-bond donors (Lipinski definition) is 2. The Kier molecular flexibility index (Phi) is 1.64. The molecule has 2 atom stereocenters. The molecule has 0 saturated carbocycles. The molecule has 2 unspecified atom stereocenters. The number of hydrogen-bond acceptors (Lipinski definition) is 3. The Morgan fingerprint density at radius 2 is 1.90 bits per heavy atom. The average Bonchev–Trinajstić information content (AvgIpc) is 2.36. The summed E-state index contributed by atoms with van der Waals surface area (Å²) in [4.78, 5) is 2.52. The van der Waals surface area contributed by atoms with Crippen LogP contribution in [0.15, 0.2) is 0 Å².